The Bertz CT molecular complexity index is 1190. The van der Waals surface area contributed by atoms with Crippen molar-refractivity contribution in [3.8, 4) is 10.6 Å². The zero-order chi connectivity index (χ0) is 21.1. The summed E-state index contributed by atoms with van der Waals surface area (Å²) in [5, 5.41) is 15.3. The van der Waals surface area contributed by atoms with Gasteiger partial charge in [-0.05, 0) is 36.8 Å². The predicted octanol–water partition coefficient (Wildman–Crippen LogP) is 4.44. The third kappa shape index (κ3) is 4.61. The van der Waals surface area contributed by atoms with E-state index < -0.39 is 5.97 Å². The molecule has 0 bridgehead atoms. The largest absolute Gasteiger partial charge is 0.476 e. The van der Waals surface area contributed by atoms with Gasteiger partial charge in [-0.2, -0.15) is 0 Å². The number of nitrogens with zero attached hydrogens (tertiary/aromatic N) is 5. The number of nitrogens with one attached hydrogen (secondary N) is 1. The highest BCUT2D eigenvalue weighted by molar-refractivity contribution is 7.18. The van der Waals surface area contributed by atoms with Crippen LogP contribution in [0.25, 0.3) is 10.6 Å². The highest BCUT2D eigenvalue weighted by Crippen LogP contribution is 2.31. The highest BCUT2D eigenvalue weighted by atomic mass is 32.1. The van der Waals surface area contributed by atoms with Gasteiger partial charge >= 0.3 is 5.97 Å². The number of anilines is 3. The zero-order valence-electron chi connectivity index (χ0n) is 16.2. The molecule has 4 aromatic heterocycles. The number of rotatable bonds is 7. The molecule has 0 atom stereocenters. The number of hydrogen-bond donors (Lipinski definition) is 2. The summed E-state index contributed by atoms with van der Waals surface area (Å²) in [5.74, 6) is 0.434. The fourth-order valence-corrected chi connectivity index (χ4v) is 4.36. The van der Waals surface area contributed by atoms with Crippen LogP contribution in [0.2, 0.25) is 0 Å². The van der Waals surface area contributed by atoms with Crippen LogP contribution in [0.1, 0.15) is 21.1 Å². The minimum Gasteiger partial charge on any atom is -0.476 e. The molecule has 0 aromatic carbocycles. The second kappa shape index (κ2) is 8.56. The van der Waals surface area contributed by atoms with Crippen molar-refractivity contribution in [1.29, 1.82) is 0 Å². The summed E-state index contributed by atoms with van der Waals surface area (Å²) >= 11 is 2.84. The average Bonchev–Trinajstić information content (AvgIpc) is 3.38. The predicted molar refractivity (Wildman–Crippen MR) is 119 cm³/mol. The highest BCUT2D eigenvalue weighted by Gasteiger charge is 2.14. The Morgan fingerprint density at radius 1 is 1.20 bits per heavy atom. The van der Waals surface area contributed by atoms with Crippen LogP contribution in [0.5, 0.6) is 0 Å². The fraction of sp³-hybridized carbons (Fsp3) is 0.150. The number of pyridine rings is 2. The first kappa shape index (κ1) is 19.9. The second-order valence-corrected chi connectivity index (χ2v) is 8.50. The number of thiazole rings is 2. The molecule has 4 heterocycles. The van der Waals surface area contributed by atoms with E-state index in [9.17, 15) is 4.79 Å². The topological polar surface area (TPSA) is 104 Å². The van der Waals surface area contributed by atoms with Crippen molar-refractivity contribution in [3.63, 3.8) is 0 Å². The van der Waals surface area contributed by atoms with Crippen molar-refractivity contribution in [3.05, 3.63) is 64.4 Å². The molecule has 0 aliphatic rings. The number of carboxylic acid groups (broad SMARTS) is 1. The normalized spacial score (nSPS) is 10.7. The van der Waals surface area contributed by atoms with Crippen molar-refractivity contribution in [2.75, 3.05) is 17.3 Å². The second-order valence-electron chi connectivity index (χ2n) is 6.55. The van der Waals surface area contributed by atoms with Crippen LogP contribution < -0.4 is 10.2 Å². The quantitative estimate of drug-likeness (QED) is 0.436. The lowest BCUT2D eigenvalue weighted by atomic mass is 10.3. The Balaban J connectivity index is 1.48. The van der Waals surface area contributed by atoms with Gasteiger partial charge in [0, 0.05) is 24.8 Å². The van der Waals surface area contributed by atoms with Gasteiger partial charge in [-0.15, -0.1) is 11.3 Å². The molecule has 4 aromatic rings. The molecule has 0 aliphatic carbocycles. The minimum atomic E-state index is -1.02. The molecule has 0 spiro atoms. The van der Waals surface area contributed by atoms with Gasteiger partial charge in [0.1, 0.15) is 16.6 Å². The Kier molecular flexibility index (Phi) is 5.68. The standard InChI is InChI=1S/C20H18N6O2S2/c1-12-6-7-21-17(8-12)25-16-5-3-4-13(23-16)15-9-22-20(30-15)26(2)10-18-24-14(11-29-18)19(27)28/h3-9,11H,10H2,1-2H3,(H,27,28)(H,21,23,25). The molecule has 0 amide bonds. The molecule has 152 valence electrons. The van der Waals surface area contributed by atoms with E-state index in [-0.39, 0.29) is 5.69 Å². The summed E-state index contributed by atoms with van der Waals surface area (Å²) in [6.45, 7) is 2.50. The van der Waals surface area contributed by atoms with E-state index in [0.29, 0.717) is 12.4 Å². The van der Waals surface area contributed by atoms with E-state index >= 15 is 0 Å². The summed E-state index contributed by atoms with van der Waals surface area (Å²) in [4.78, 5) is 31.5. The molecule has 0 radical (unpaired) electrons. The van der Waals surface area contributed by atoms with E-state index in [0.717, 1.165) is 32.1 Å². The van der Waals surface area contributed by atoms with Crippen LogP contribution in [-0.2, 0) is 6.54 Å². The van der Waals surface area contributed by atoms with E-state index in [1.54, 1.807) is 17.8 Å². The lowest BCUT2D eigenvalue weighted by molar-refractivity contribution is 0.0691. The molecule has 2 N–H and O–H groups in total. The first-order valence-corrected chi connectivity index (χ1v) is 10.7. The molecular formula is C20H18N6O2S2. The van der Waals surface area contributed by atoms with Gasteiger partial charge < -0.3 is 15.3 Å². The molecule has 8 nitrogen and oxygen atoms in total. The van der Waals surface area contributed by atoms with Crippen molar-refractivity contribution in [1.82, 2.24) is 19.9 Å². The third-order valence-corrected chi connectivity index (χ3v) is 6.10. The summed E-state index contributed by atoms with van der Waals surface area (Å²) in [6, 6.07) is 9.67. The maximum atomic E-state index is 11.0. The molecule has 0 unspecified atom stereocenters. The average molecular weight is 439 g/mol. The van der Waals surface area contributed by atoms with Gasteiger partial charge in [0.25, 0.3) is 0 Å². The minimum absolute atomic E-state index is 0.0693. The van der Waals surface area contributed by atoms with Gasteiger partial charge in [-0.1, -0.05) is 17.4 Å². The molecule has 0 aliphatic heterocycles. The number of aromatic carboxylic acids is 1. The maximum absolute atomic E-state index is 11.0. The van der Waals surface area contributed by atoms with Crippen molar-refractivity contribution >= 4 is 45.4 Å². The zero-order valence-corrected chi connectivity index (χ0v) is 17.9. The number of hydrogen-bond acceptors (Lipinski definition) is 9. The first-order chi connectivity index (χ1) is 14.5. The SMILES string of the molecule is Cc1ccnc(Nc2cccc(-c3cnc(N(C)Cc4nc(C(=O)O)cs4)s3)n2)c1. The van der Waals surface area contributed by atoms with Crippen LogP contribution in [-0.4, -0.2) is 38.1 Å². The first-order valence-electron chi connectivity index (χ1n) is 9.00. The van der Waals surface area contributed by atoms with Crippen LogP contribution in [0.3, 0.4) is 0 Å². The summed E-state index contributed by atoms with van der Waals surface area (Å²) in [5.41, 5.74) is 2.00. The van der Waals surface area contributed by atoms with E-state index in [1.165, 1.54) is 22.7 Å². The van der Waals surface area contributed by atoms with E-state index in [1.807, 2.05) is 49.2 Å². The molecule has 0 fully saturated rings. The van der Waals surface area contributed by atoms with E-state index in [4.69, 9.17) is 5.11 Å². The smallest absolute Gasteiger partial charge is 0.355 e. The monoisotopic (exact) mass is 438 g/mol. The summed E-state index contributed by atoms with van der Waals surface area (Å²) in [6.07, 6.45) is 3.55. The Labute approximate surface area is 180 Å². The van der Waals surface area contributed by atoms with Crippen molar-refractivity contribution < 1.29 is 9.90 Å². The number of aromatic nitrogens is 4. The van der Waals surface area contributed by atoms with Gasteiger partial charge in [-0.3, -0.25) is 0 Å². The molecule has 0 saturated heterocycles. The van der Waals surface area contributed by atoms with Gasteiger partial charge in [0.05, 0.1) is 17.1 Å². The Hall–Kier alpha value is -3.37. The molecule has 0 saturated carbocycles. The molecular weight excluding hydrogens is 420 g/mol. The molecule has 4 rings (SSSR count). The number of aryl methyl sites for hydroxylation is 1. The number of carboxylic acids is 1. The van der Waals surface area contributed by atoms with Crippen LogP contribution in [0, 0.1) is 6.92 Å². The molecule has 10 heteroatoms. The Morgan fingerprint density at radius 2 is 2.07 bits per heavy atom. The van der Waals surface area contributed by atoms with E-state index in [2.05, 4.69) is 25.3 Å². The summed E-state index contributed by atoms with van der Waals surface area (Å²) < 4.78 is 0. The van der Waals surface area contributed by atoms with Crippen molar-refractivity contribution in [2.45, 2.75) is 13.5 Å². The molecule has 30 heavy (non-hydrogen) atoms. The van der Waals surface area contributed by atoms with Crippen LogP contribution in [0.4, 0.5) is 16.8 Å². The Morgan fingerprint density at radius 3 is 2.83 bits per heavy atom. The number of carbonyl (C=O) groups is 1. The lowest BCUT2D eigenvalue weighted by Crippen LogP contribution is -2.16. The van der Waals surface area contributed by atoms with Gasteiger partial charge in [0.2, 0.25) is 0 Å². The van der Waals surface area contributed by atoms with Gasteiger partial charge in [-0.25, -0.2) is 24.7 Å². The lowest BCUT2D eigenvalue weighted by Gasteiger charge is -2.13. The summed E-state index contributed by atoms with van der Waals surface area (Å²) in [7, 11) is 1.90. The van der Waals surface area contributed by atoms with Crippen molar-refractivity contribution in [2.24, 2.45) is 0 Å². The maximum Gasteiger partial charge on any atom is 0.355 e. The third-order valence-electron chi connectivity index (χ3n) is 4.14. The van der Waals surface area contributed by atoms with Crippen LogP contribution >= 0.6 is 22.7 Å². The fourth-order valence-electron chi connectivity index (χ4n) is 2.69. The van der Waals surface area contributed by atoms with Crippen LogP contribution in [0.15, 0.2) is 48.1 Å². The van der Waals surface area contributed by atoms with Gasteiger partial charge in [0.15, 0.2) is 10.8 Å².